The van der Waals surface area contributed by atoms with E-state index in [0.29, 0.717) is 5.92 Å². The molecule has 0 fully saturated rings. The van der Waals surface area contributed by atoms with E-state index in [1.165, 1.54) is 13.3 Å². The van der Waals surface area contributed by atoms with Gasteiger partial charge in [-0.1, -0.05) is 54.0 Å². The molecule has 0 bridgehead atoms. The molecule has 0 spiro atoms. The highest BCUT2D eigenvalue weighted by molar-refractivity contribution is 7.10. The van der Waals surface area contributed by atoms with E-state index in [-0.39, 0.29) is 12.1 Å². The second-order valence-corrected chi connectivity index (χ2v) is 6.90. The third-order valence-corrected chi connectivity index (χ3v) is 4.44. The van der Waals surface area contributed by atoms with Crippen molar-refractivity contribution in [1.82, 2.24) is 0 Å². The Morgan fingerprint density at radius 2 is 1.80 bits per heavy atom. The Morgan fingerprint density at radius 1 is 1.20 bits per heavy atom. The lowest BCUT2D eigenvalue weighted by Crippen LogP contribution is -2.12. The van der Waals surface area contributed by atoms with Gasteiger partial charge >= 0.3 is 5.97 Å². The van der Waals surface area contributed by atoms with E-state index in [2.05, 4.69) is 27.7 Å². The van der Waals surface area contributed by atoms with E-state index in [1.54, 1.807) is 11.3 Å². The monoisotopic (exact) mass is 298 g/mol. The highest BCUT2D eigenvalue weighted by Gasteiger charge is 2.19. The fourth-order valence-corrected chi connectivity index (χ4v) is 2.55. The second kappa shape index (κ2) is 9.98. The maximum Gasteiger partial charge on any atom is 0.303 e. The van der Waals surface area contributed by atoms with Crippen LogP contribution in [0.15, 0.2) is 17.5 Å². The molecule has 2 atom stereocenters. The minimum Gasteiger partial charge on any atom is -0.457 e. The van der Waals surface area contributed by atoms with Gasteiger partial charge in [0, 0.05) is 11.8 Å². The van der Waals surface area contributed by atoms with Crippen molar-refractivity contribution in [3.05, 3.63) is 22.4 Å². The Labute approximate surface area is 128 Å². The van der Waals surface area contributed by atoms with Gasteiger partial charge in [0.2, 0.25) is 0 Å². The highest BCUT2D eigenvalue weighted by atomic mass is 32.1. The minimum absolute atomic E-state index is 0.0856. The van der Waals surface area contributed by atoms with Crippen molar-refractivity contribution >= 4 is 17.3 Å². The highest BCUT2D eigenvalue weighted by Crippen LogP contribution is 2.29. The number of esters is 1. The van der Waals surface area contributed by atoms with Gasteiger partial charge in [-0.25, -0.2) is 0 Å². The lowest BCUT2D eigenvalue weighted by Gasteiger charge is -2.18. The van der Waals surface area contributed by atoms with Crippen LogP contribution in [-0.4, -0.2) is 5.97 Å². The van der Waals surface area contributed by atoms with Crippen LogP contribution in [0.1, 0.15) is 65.9 Å². The van der Waals surface area contributed by atoms with Crippen LogP contribution in [0, 0.1) is 17.8 Å². The first-order chi connectivity index (χ1) is 9.29. The Balaban J connectivity index is 0.000000441. The number of carbonyl (C=O) groups excluding carboxylic acids is 1. The van der Waals surface area contributed by atoms with Gasteiger partial charge in [0.1, 0.15) is 6.10 Å². The predicted molar refractivity (Wildman–Crippen MR) is 88.0 cm³/mol. The SMILES string of the molecule is CC(=O)OC(c1cccs1)C(C)C.CCC(C)C(C)C. The molecule has 116 valence electrons. The number of hydrogen-bond donors (Lipinski definition) is 0. The minimum atomic E-state index is -0.216. The van der Waals surface area contributed by atoms with Crippen LogP contribution in [0.25, 0.3) is 0 Å². The lowest BCUT2D eigenvalue weighted by atomic mass is 9.96. The molecule has 0 aliphatic heterocycles. The molecule has 0 saturated carbocycles. The number of hydrogen-bond acceptors (Lipinski definition) is 3. The zero-order valence-corrected chi connectivity index (χ0v) is 14.8. The van der Waals surface area contributed by atoms with Crippen molar-refractivity contribution in [2.24, 2.45) is 17.8 Å². The summed E-state index contributed by atoms with van der Waals surface area (Å²) in [5.41, 5.74) is 0. The molecule has 3 heteroatoms. The van der Waals surface area contributed by atoms with Crippen LogP contribution in [0.2, 0.25) is 0 Å². The van der Waals surface area contributed by atoms with E-state index in [1.807, 2.05) is 31.4 Å². The molecule has 0 radical (unpaired) electrons. The molecule has 0 aliphatic carbocycles. The van der Waals surface area contributed by atoms with Crippen LogP contribution in [0.5, 0.6) is 0 Å². The van der Waals surface area contributed by atoms with Gasteiger partial charge in [-0.3, -0.25) is 4.79 Å². The number of thiophene rings is 1. The van der Waals surface area contributed by atoms with E-state index in [9.17, 15) is 4.79 Å². The first kappa shape index (κ1) is 19.2. The summed E-state index contributed by atoms with van der Waals surface area (Å²) in [5.74, 6) is 1.87. The van der Waals surface area contributed by atoms with Gasteiger partial charge in [0.15, 0.2) is 0 Å². The molecule has 2 unspecified atom stereocenters. The standard InChI is InChI=1S/C10H14O2S.C7H16/c1-7(2)10(12-8(3)11)9-5-4-6-13-9;1-5-7(4)6(2)3/h4-7,10H,1-3H3;6-7H,5H2,1-4H3. The second-order valence-electron chi connectivity index (χ2n) is 5.92. The summed E-state index contributed by atoms with van der Waals surface area (Å²) < 4.78 is 5.23. The Morgan fingerprint density at radius 3 is 2.05 bits per heavy atom. The zero-order chi connectivity index (χ0) is 15.7. The van der Waals surface area contributed by atoms with Crippen molar-refractivity contribution in [3.8, 4) is 0 Å². The largest absolute Gasteiger partial charge is 0.457 e. The fraction of sp³-hybridized carbons (Fsp3) is 0.706. The van der Waals surface area contributed by atoms with Gasteiger partial charge in [-0.05, 0) is 29.2 Å². The molecule has 0 aliphatic rings. The molecule has 0 amide bonds. The van der Waals surface area contributed by atoms with Crippen LogP contribution < -0.4 is 0 Å². The Kier molecular flexibility index (Phi) is 9.56. The van der Waals surface area contributed by atoms with Crippen LogP contribution >= 0.6 is 11.3 Å². The normalized spacial score (nSPS) is 13.7. The van der Waals surface area contributed by atoms with E-state index < -0.39 is 0 Å². The van der Waals surface area contributed by atoms with Crippen molar-refractivity contribution in [1.29, 1.82) is 0 Å². The summed E-state index contributed by atoms with van der Waals surface area (Å²) in [6.07, 6.45) is 1.23. The molecular formula is C17H30O2S. The summed E-state index contributed by atoms with van der Waals surface area (Å²) in [6, 6.07) is 3.97. The van der Waals surface area contributed by atoms with E-state index in [4.69, 9.17) is 4.74 Å². The fourth-order valence-electron chi connectivity index (χ4n) is 1.63. The third kappa shape index (κ3) is 7.68. The van der Waals surface area contributed by atoms with Crippen molar-refractivity contribution in [3.63, 3.8) is 0 Å². The average molecular weight is 298 g/mol. The van der Waals surface area contributed by atoms with Gasteiger partial charge in [0.25, 0.3) is 0 Å². The van der Waals surface area contributed by atoms with Crippen LogP contribution in [0.4, 0.5) is 0 Å². The van der Waals surface area contributed by atoms with Gasteiger partial charge in [-0.2, -0.15) is 0 Å². The molecule has 1 rings (SSSR count). The number of carbonyl (C=O) groups is 1. The molecule has 2 nitrogen and oxygen atoms in total. The molecule has 0 N–H and O–H groups in total. The molecule has 1 aromatic rings. The van der Waals surface area contributed by atoms with Crippen LogP contribution in [0.3, 0.4) is 0 Å². The predicted octanol–water partition coefficient (Wildman–Crippen LogP) is 5.70. The van der Waals surface area contributed by atoms with Crippen molar-refractivity contribution in [2.75, 3.05) is 0 Å². The average Bonchev–Trinajstić information content (AvgIpc) is 2.88. The number of ether oxygens (including phenoxy) is 1. The zero-order valence-electron chi connectivity index (χ0n) is 14.0. The maximum atomic E-state index is 10.8. The molecule has 20 heavy (non-hydrogen) atoms. The summed E-state index contributed by atoms with van der Waals surface area (Å²) in [7, 11) is 0. The van der Waals surface area contributed by atoms with Crippen molar-refractivity contribution in [2.45, 2.75) is 61.0 Å². The first-order valence-corrected chi connectivity index (χ1v) is 8.38. The molecular weight excluding hydrogens is 268 g/mol. The smallest absolute Gasteiger partial charge is 0.303 e. The first-order valence-electron chi connectivity index (χ1n) is 7.50. The summed E-state index contributed by atoms with van der Waals surface area (Å²) in [5, 5.41) is 1.99. The maximum absolute atomic E-state index is 10.8. The summed E-state index contributed by atoms with van der Waals surface area (Å²) in [4.78, 5) is 12.0. The third-order valence-electron chi connectivity index (χ3n) is 3.50. The quantitative estimate of drug-likeness (QED) is 0.652. The Hall–Kier alpha value is -0.830. The van der Waals surface area contributed by atoms with Crippen LogP contribution in [-0.2, 0) is 9.53 Å². The van der Waals surface area contributed by atoms with Crippen molar-refractivity contribution < 1.29 is 9.53 Å². The lowest BCUT2D eigenvalue weighted by molar-refractivity contribution is -0.148. The van der Waals surface area contributed by atoms with Gasteiger partial charge in [-0.15, -0.1) is 11.3 Å². The van der Waals surface area contributed by atoms with Gasteiger partial charge < -0.3 is 4.74 Å². The molecule has 0 aromatic carbocycles. The van der Waals surface area contributed by atoms with E-state index >= 15 is 0 Å². The number of rotatable bonds is 5. The van der Waals surface area contributed by atoms with Gasteiger partial charge in [0.05, 0.1) is 0 Å². The molecule has 1 heterocycles. The summed E-state index contributed by atoms with van der Waals surface area (Å²) in [6.45, 7) is 14.6. The molecule has 1 aromatic heterocycles. The Bertz CT molecular complexity index is 355. The van der Waals surface area contributed by atoms with E-state index in [0.717, 1.165) is 16.7 Å². The molecule has 0 saturated heterocycles. The summed E-state index contributed by atoms with van der Waals surface area (Å²) >= 11 is 1.62. The topological polar surface area (TPSA) is 26.3 Å².